The summed E-state index contributed by atoms with van der Waals surface area (Å²) >= 11 is 1.44. The van der Waals surface area contributed by atoms with Crippen molar-refractivity contribution in [3.8, 4) is 0 Å². The molecule has 5 heteroatoms. The summed E-state index contributed by atoms with van der Waals surface area (Å²) in [5, 5.41) is 0.869. The summed E-state index contributed by atoms with van der Waals surface area (Å²) in [6.07, 6.45) is 4.47. The quantitative estimate of drug-likeness (QED) is 0.810. The third kappa shape index (κ3) is 3.22. The molecule has 0 aliphatic carbocycles. The topological polar surface area (TPSA) is 46.1 Å². The van der Waals surface area contributed by atoms with Gasteiger partial charge in [-0.1, -0.05) is 32.1 Å². The Kier molecular flexibility index (Phi) is 4.18. The van der Waals surface area contributed by atoms with Gasteiger partial charge in [0.05, 0.1) is 10.6 Å². The molecule has 0 radical (unpaired) electrons. The van der Waals surface area contributed by atoms with E-state index in [-0.39, 0.29) is 5.41 Å². The molecule has 2 heterocycles. The number of nitrogens with zero attached hydrogens (tertiary/aromatic N) is 3. The second kappa shape index (κ2) is 5.71. The Labute approximate surface area is 123 Å². The number of carbonyl (C=O) groups is 1. The molecule has 20 heavy (non-hydrogen) atoms. The molecule has 2 rings (SSSR count). The number of hydrogen-bond acceptors (Lipinski definition) is 5. The van der Waals surface area contributed by atoms with Crippen molar-refractivity contribution in [2.75, 3.05) is 11.9 Å². The number of anilines is 1. The lowest BCUT2D eigenvalue weighted by Crippen LogP contribution is -2.18. The lowest BCUT2D eigenvalue weighted by atomic mass is 9.91. The Morgan fingerprint density at radius 3 is 2.45 bits per heavy atom. The maximum atomic E-state index is 11.2. The first-order valence-electron chi connectivity index (χ1n) is 6.48. The molecule has 0 amide bonds. The lowest BCUT2D eigenvalue weighted by molar-refractivity contribution is 0.112. The molecule has 2 aromatic heterocycles. The fourth-order valence-electron chi connectivity index (χ4n) is 1.93. The van der Waals surface area contributed by atoms with Gasteiger partial charge in [0.25, 0.3) is 0 Å². The molecule has 0 fully saturated rings. The van der Waals surface area contributed by atoms with Crippen LogP contribution < -0.4 is 4.90 Å². The van der Waals surface area contributed by atoms with Gasteiger partial charge in [-0.05, 0) is 17.7 Å². The fraction of sp³-hybridized carbons (Fsp3) is 0.400. The van der Waals surface area contributed by atoms with Gasteiger partial charge < -0.3 is 4.90 Å². The van der Waals surface area contributed by atoms with Gasteiger partial charge in [-0.3, -0.25) is 9.78 Å². The first-order chi connectivity index (χ1) is 9.41. The molecule has 4 nitrogen and oxygen atoms in total. The lowest BCUT2D eigenvalue weighted by Gasteiger charge is -2.17. The number of carbonyl (C=O) groups excluding carboxylic acids is 1. The number of aromatic nitrogens is 2. The van der Waals surface area contributed by atoms with Crippen LogP contribution in [-0.4, -0.2) is 23.3 Å². The Morgan fingerprint density at radius 1 is 1.30 bits per heavy atom. The third-order valence-electron chi connectivity index (χ3n) is 2.96. The van der Waals surface area contributed by atoms with Crippen molar-refractivity contribution in [1.82, 2.24) is 9.97 Å². The van der Waals surface area contributed by atoms with Crippen LogP contribution in [0, 0.1) is 0 Å². The molecule has 0 aromatic carbocycles. The summed E-state index contributed by atoms with van der Waals surface area (Å²) in [6.45, 7) is 6.96. The number of hydrogen-bond donors (Lipinski definition) is 0. The van der Waals surface area contributed by atoms with E-state index in [4.69, 9.17) is 0 Å². The maximum Gasteiger partial charge on any atom is 0.186 e. The van der Waals surface area contributed by atoms with Crippen LogP contribution in [-0.2, 0) is 12.0 Å². The van der Waals surface area contributed by atoms with Crippen molar-refractivity contribution in [2.45, 2.75) is 32.7 Å². The van der Waals surface area contributed by atoms with E-state index in [9.17, 15) is 4.79 Å². The molecule has 0 atom stereocenters. The van der Waals surface area contributed by atoms with Gasteiger partial charge >= 0.3 is 0 Å². The van der Waals surface area contributed by atoms with Crippen LogP contribution in [0.2, 0.25) is 0 Å². The van der Waals surface area contributed by atoms with Crippen molar-refractivity contribution in [3.05, 3.63) is 40.7 Å². The molecule has 0 unspecified atom stereocenters. The van der Waals surface area contributed by atoms with E-state index in [1.54, 1.807) is 12.4 Å². The molecule has 0 saturated carbocycles. The van der Waals surface area contributed by atoms with E-state index in [2.05, 4.69) is 35.6 Å². The third-order valence-corrected chi connectivity index (χ3v) is 4.05. The van der Waals surface area contributed by atoms with Gasteiger partial charge in [0, 0.05) is 31.4 Å². The first kappa shape index (κ1) is 14.7. The average molecular weight is 289 g/mol. The highest BCUT2D eigenvalue weighted by atomic mass is 32.1. The smallest absolute Gasteiger partial charge is 0.186 e. The predicted octanol–water partition coefficient (Wildman–Crippen LogP) is 3.28. The van der Waals surface area contributed by atoms with E-state index in [0.717, 1.165) is 23.7 Å². The van der Waals surface area contributed by atoms with E-state index in [1.165, 1.54) is 16.9 Å². The summed E-state index contributed by atoms with van der Waals surface area (Å²) in [6, 6.07) is 3.96. The van der Waals surface area contributed by atoms with Crippen molar-refractivity contribution < 1.29 is 4.79 Å². The number of thiazole rings is 1. The van der Waals surface area contributed by atoms with E-state index >= 15 is 0 Å². The number of pyridine rings is 1. The fourth-order valence-corrected chi connectivity index (χ4v) is 2.98. The van der Waals surface area contributed by atoms with Gasteiger partial charge in [-0.15, -0.1) is 0 Å². The molecular formula is C15H19N3OS. The average Bonchev–Trinajstić information content (AvgIpc) is 2.84. The largest absolute Gasteiger partial charge is 0.347 e. The highest BCUT2D eigenvalue weighted by Crippen LogP contribution is 2.32. The standard InChI is InChI=1S/C15H19N3OS/c1-15(2,3)13-12(10-19)20-14(17-13)18(4)9-11-5-7-16-8-6-11/h5-8,10H,9H2,1-4H3. The minimum Gasteiger partial charge on any atom is -0.347 e. The minimum atomic E-state index is -0.123. The number of rotatable bonds is 4. The summed E-state index contributed by atoms with van der Waals surface area (Å²) in [5.41, 5.74) is 1.92. The van der Waals surface area contributed by atoms with Gasteiger partial charge in [0.15, 0.2) is 11.4 Å². The highest BCUT2D eigenvalue weighted by molar-refractivity contribution is 7.17. The molecule has 0 aliphatic rings. The van der Waals surface area contributed by atoms with Crippen molar-refractivity contribution in [1.29, 1.82) is 0 Å². The van der Waals surface area contributed by atoms with E-state index < -0.39 is 0 Å². The maximum absolute atomic E-state index is 11.2. The molecule has 106 valence electrons. The van der Waals surface area contributed by atoms with Gasteiger partial charge in [0.1, 0.15) is 0 Å². The summed E-state index contributed by atoms with van der Waals surface area (Å²) in [7, 11) is 1.99. The van der Waals surface area contributed by atoms with Gasteiger partial charge in [0.2, 0.25) is 0 Å². The molecule has 0 aliphatic heterocycles. The van der Waals surface area contributed by atoms with Crippen LogP contribution in [0.1, 0.15) is 41.7 Å². The Hall–Kier alpha value is -1.75. The number of aldehydes is 1. The second-order valence-electron chi connectivity index (χ2n) is 5.79. The predicted molar refractivity (Wildman–Crippen MR) is 82.5 cm³/mol. The Balaban J connectivity index is 2.25. The summed E-state index contributed by atoms with van der Waals surface area (Å²) in [5.74, 6) is 0. The SMILES string of the molecule is CN(Cc1ccncc1)c1nc(C(C)(C)C)c(C=O)s1. The molecular weight excluding hydrogens is 270 g/mol. The van der Waals surface area contributed by atoms with Crippen molar-refractivity contribution in [3.63, 3.8) is 0 Å². The summed E-state index contributed by atoms with van der Waals surface area (Å²) < 4.78 is 0. The molecule has 0 N–H and O–H groups in total. The first-order valence-corrected chi connectivity index (χ1v) is 7.30. The van der Waals surface area contributed by atoms with Crippen LogP contribution in [0.5, 0.6) is 0 Å². The molecule has 0 spiro atoms. The zero-order valence-electron chi connectivity index (χ0n) is 12.3. The Bertz CT molecular complexity index is 587. The van der Waals surface area contributed by atoms with Crippen LogP contribution >= 0.6 is 11.3 Å². The zero-order valence-corrected chi connectivity index (χ0v) is 13.1. The normalized spacial score (nSPS) is 11.4. The van der Waals surface area contributed by atoms with Gasteiger partial charge in [-0.25, -0.2) is 4.98 Å². The minimum absolute atomic E-state index is 0.123. The van der Waals surface area contributed by atoms with Crippen LogP contribution in [0.4, 0.5) is 5.13 Å². The van der Waals surface area contributed by atoms with Gasteiger partial charge in [-0.2, -0.15) is 0 Å². The monoisotopic (exact) mass is 289 g/mol. The molecule has 0 saturated heterocycles. The van der Waals surface area contributed by atoms with Crippen molar-refractivity contribution >= 4 is 22.8 Å². The second-order valence-corrected chi connectivity index (χ2v) is 6.80. The van der Waals surface area contributed by atoms with E-state index in [1.807, 2.05) is 19.2 Å². The van der Waals surface area contributed by atoms with Crippen LogP contribution in [0.15, 0.2) is 24.5 Å². The van der Waals surface area contributed by atoms with Crippen LogP contribution in [0.25, 0.3) is 0 Å². The summed E-state index contributed by atoms with van der Waals surface area (Å²) in [4.78, 5) is 22.6. The van der Waals surface area contributed by atoms with Crippen molar-refractivity contribution in [2.24, 2.45) is 0 Å². The molecule has 2 aromatic rings. The van der Waals surface area contributed by atoms with E-state index in [0.29, 0.717) is 4.88 Å². The molecule has 0 bridgehead atoms. The zero-order chi connectivity index (χ0) is 14.8. The Morgan fingerprint density at radius 2 is 1.95 bits per heavy atom. The highest BCUT2D eigenvalue weighted by Gasteiger charge is 2.24. The van der Waals surface area contributed by atoms with Crippen LogP contribution in [0.3, 0.4) is 0 Å².